The van der Waals surface area contributed by atoms with Gasteiger partial charge in [0, 0.05) is 19.9 Å². The number of nitrogens with one attached hydrogen (secondary N) is 1. The molecule has 3 rings (SSSR count). The minimum atomic E-state index is -0.278. The van der Waals surface area contributed by atoms with E-state index >= 15 is 0 Å². The van der Waals surface area contributed by atoms with Crippen LogP contribution in [-0.4, -0.2) is 38.1 Å². The standard InChI is InChI=1S/C13H16N6O2/c1-8-16-11(18-21-8)7-19(2)13(20)17-10-5-14-12(15-6-10)9-3-4-9/h5-6,9H,3-4,7H2,1-2H3,(H,17,20). The van der Waals surface area contributed by atoms with Crippen LogP contribution in [0.3, 0.4) is 0 Å². The van der Waals surface area contributed by atoms with E-state index in [0.717, 1.165) is 18.7 Å². The van der Waals surface area contributed by atoms with Gasteiger partial charge in [-0.2, -0.15) is 4.98 Å². The van der Waals surface area contributed by atoms with Gasteiger partial charge in [0.25, 0.3) is 0 Å². The van der Waals surface area contributed by atoms with E-state index in [1.54, 1.807) is 26.4 Å². The number of anilines is 1. The number of aromatic nitrogens is 4. The van der Waals surface area contributed by atoms with Gasteiger partial charge in [-0.25, -0.2) is 14.8 Å². The van der Waals surface area contributed by atoms with Crippen molar-refractivity contribution in [3.8, 4) is 0 Å². The molecular weight excluding hydrogens is 272 g/mol. The Kier molecular flexibility index (Phi) is 3.51. The van der Waals surface area contributed by atoms with Crippen LogP contribution >= 0.6 is 0 Å². The molecule has 0 saturated heterocycles. The fourth-order valence-corrected chi connectivity index (χ4v) is 1.86. The maximum Gasteiger partial charge on any atom is 0.322 e. The van der Waals surface area contributed by atoms with Gasteiger partial charge in [0.05, 0.1) is 24.6 Å². The van der Waals surface area contributed by atoms with Crippen LogP contribution in [0.1, 0.15) is 36.3 Å². The smallest absolute Gasteiger partial charge is 0.322 e. The van der Waals surface area contributed by atoms with Crippen molar-refractivity contribution in [3.63, 3.8) is 0 Å². The summed E-state index contributed by atoms with van der Waals surface area (Å²) in [6.07, 6.45) is 5.56. The van der Waals surface area contributed by atoms with Gasteiger partial charge in [0.15, 0.2) is 5.82 Å². The third kappa shape index (κ3) is 3.33. The molecule has 8 nitrogen and oxygen atoms in total. The second kappa shape index (κ2) is 5.47. The lowest BCUT2D eigenvalue weighted by atomic mass is 10.4. The predicted octanol–water partition coefficient (Wildman–Crippen LogP) is 1.71. The number of rotatable bonds is 4. The van der Waals surface area contributed by atoms with Gasteiger partial charge in [-0.1, -0.05) is 5.16 Å². The zero-order chi connectivity index (χ0) is 14.8. The highest BCUT2D eigenvalue weighted by Gasteiger charge is 2.26. The van der Waals surface area contributed by atoms with Gasteiger partial charge in [0.2, 0.25) is 5.89 Å². The molecule has 21 heavy (non-hydrogen) atoms. The van der Waals surface area contributed by atoms with Crippen LogP contribution in [0.15, 0.2) is 16.9 Å². The predicted molar refractivity (Wildman–Crippen MR) is 73.5 cm³/mol. The van der Waals surface area contributed by atoms with E-state index in [9.17, 15) is 4.79 Å². The summed E-state index contributed by atoms with van der Waals surface area (Å²) in [7, 11) is 1.65. The first kappa shape index (κ1) is 13.5. The van der Waals surface area contributed by atoms with E-state index in [0.29, 0.717) is 23.3 Å². The first-order valence-electron chi connectivity index (χ1n) is 6.75. The Morgan fingerprint density at radius 1 is 1.43 bits per heavy atom. The van der Waals surface area contributed by atoms with Gasteiger partial charge >= 0.3 is 6.03 Å². The second-order valence-electron chi connectivity index (χ2n) is 5.12. The van der Waals surface area contributed by atoms with Crippen LogP contribution < -0.4 is 5.32 Å². The molecule has 1 N–H and O–H groups in total. The molecule has 0 radical (unpaired) electrons. The Bertz CT molecular complexity index is 634. The number of urea groups is 1. The summed E-state index contributed by atoms with van der Waals surface area (Å²) in [5, 5.41) is 6.48. The SMILES string of the molecule is Cc1nc(CN(C)C(=O)Nc2cnc(C3CC3)nc2)no1. The molecule has 2 aromatic heterocycles. The maximum atomic E-state index is 12.0. The molecule has 0 aromatic carbocycles. The summed E-state index contributed by atoms with van der Waals surface area (Å²) < 4.78 is 4.87. The van der Waals surface area contributed by atoms with E-state index < -0.39 is 0 Å². The first-order chi connectivity index (χ1) is 10.1. The van der Waals surface area contributed by atoms with Crippen molar-refractivity contribution in [3.05, 3.63) is 29.9 Å². The molecule has 2 aromatic rings. The van der Waals surface area contributed by atoms with Crippen molar-refractivity contribution in [2.75, 3.05) is 12.4 Å². The van der Waals surface area contributed by atoms with Crippen molar-refractivity contribution in [2.45, 2.75) is 32.2 Å². The van der Waals surface area contributed by atoms with Crippen molar-refractivity contribution < 1.29 is 9.32 Å². The normalized spacial score (nSPS) is 14.0. The molecule has 1 saturated carbocycles. The molecule has 0 unspecified atom stereocenters. The molecule has 110 valence electrons. The summed E-state index contributed by atoms with van der Waals surface area (Å²) in [6, 6.07) is -0.278. The quantitative estimate of drug-likeness (QED) is 0.919. The lowest BCUT2D eigenvalue weighted by Gasteiger charge is -2.15. The second-order valence-corrected chi connectivity index (χ2v) is 5.12. The maximum absolute atomic E-state index is 12.0. The number of carbonyl (C=O) groups is 1. The lowest BCUT2D eigenvalue weighted by Crippen LogP contribution is -2.31. The minimum Gasteiger partial charge on any atom is -0.340 e. The molecule has 1 fully saturated rings. The number of hydrogen-bond donors (Lipinski definition) is 1. The van der Waals surface area contributed by atoms with E-state index in [-0.39, 0.29) is 12.6 Å². The fourth-order valence-electron chi connectivity index (χ4n) is 1.86. The van der Waals surface area contributed by atoms with E-state index in [4.69, 9.17) is 4.52 Å². The Labute approximate surface area is 121 Å². The van der Waals surface area contributed by atoms with Crippen molar-refractivity contribution in [2.24, 2.45) is 0 Å². The van der Waals surface area contributed by atoms with Gasteiger partial charge in [-0.05, 0) is 12.8 Å². The zero-order valence-electron chi connectivity index (χ0n) is 11.9. The number of nitrogens with zero attached hydrogens (tertiary/aromatic N) is 5. The van der Waals surface area contributed by atoms with Crippen LogP contribution in [0.2, 0.25) is 0 Å². The van der Waals surface area contributed by atoms with E-state index in [2.05, 4.69) is 25.4 Å². The molecule has 0 bridgehead atoms. The highest BCUT2D eigenvalue weighted by atomic mass is 16.5. The summed E-state index contributed by atoms with van der Waals surface area (Å²) in [6.45, 7) is 1.97. The molecule has 0 aliphatic heterocycles. The van der Waals surface area contributed by atoms with Crippen LogP contribution in [0, 0.1) is 6.92 Å². The molecule has 2 heterocycles. The first-order valence-corrected chi connectivity index (χ1v) is 6.75. The molecule has 1 aliphatic rings. The molecule has 0 spiro atoms. The highest BCUT2D eigenvalue weighted by Crippen LogP contribution is 2.37. The molecule has 1 aliphatic carbocycles. The molecule has 2 amide bonds. The number of amides is 2. The minimum absolute atomic E-state index is 0.268. The highest BCUT2D eigenvalue weighted by molar-refractivity contribution is 5.88. The number of carbonyl (C=O) groups excluding carboxylic acids is 1. The average molecular weight is 288 g/mol. The van der Waals surface area contributed by atoms with Crippen LogP contribution in [0.25, 0.3) is 0 Å². The largest absolute Gasteiger partial charge is 0.340 e. The zero-order valence-corrected chi connectivity index (χ0v) is 11.9. The number of aryl methyl sites for hydroxylation is 1. The molecular formula is C13H16N6O2. The van der Waals surface area contributed by atoms with E-state index in [1.165, 1.54) is 4.90 Å². The third-order valence-corrected chi connectivity index (χ3v) is 3.16. The Hall–Kier alpha value is -2.51. The van der Waals surface area contributed by atoms with Crippen molar-refractivity contribution in [1.82, 2.24) is 25.0 Å². The Morgan fingerprint density at radius 3 is 2.71 bits per heavy atom. The summed E-state index contributed by atoms with van der Waals surface area (Å²) in [5.74, 6) is 2.29. The van der Waals surface area contributed by atoms with Gasteiger partial charge in [-0.3, -0.25) is 0 Å². The lowest BCUT2D eigenvalue weighted by molar-refractivity contribution is 0.219. The van der Waals surface area contributed by atoms with Gasteiger partial charge in [0.1, 0.15) is 5.82 Å². The third-order valence-electron chi connectivity index (χ3n) is 3.16. The number of hydrogen-bond acceptors (Lipinski definition) is 6. The van der Waals surface area contributed by atoms with Crippen LogP contribution in [0.5, 0.6) is 0 Å². The van der Waals surface area contributed by atoms with Crippen molar-refractivity contribution >= 4 is 11.7 Å². The summed E-state index contributed by atoms with van der Waals surface area (Å²) >= 11 is 0. The summed E-state index contributed by atoms with van der Waals surface area (Å²) in [5.41, 5.74) is 0.570. The van der Waals surface area contributed by atoms with E-state index in [1.807, 2.05) is 0 Å². The topological polar surface area (TPSA) is 97.0 Å². The molecule has 0 atom stereocenters. The van der Waals surface area contributed by atoms with Gasteiger partial charge < -0.3 is 14.7 Å². The Balaban J connectivity index is 1.57. The fraction of sp³-hybridized carbons (Fsp3) is 0.462. The monoisotopic (exact) mass is 288 g/mol. The average Bonchev–Trinajstić information content (AvgIpc) is 3.23. The van der Waals surface area contributed by atoms with Crippen molar-refractivity contribution in [1.29, 1.82) is 0 Å². The van der Waals surface area contributed by atoms with Gasteiger partial charge in [-0.15, -0.1) is 0 Å². The van der Waals surface area contributed by atoms with Crippen LogP contribution in [-0.2, 0) is 6.54 Å². The summed E-state index contributed by atoms with van der Waals surface area (Å²) in [4.78, 5) is 26.1. The Morgan fingerprint density at radius 2 is 2.14 bits per heavy atom. The van der Waals surface area contributed by atoms with Crippen LogP contribution in [0.4, 0.5) is 10.5 Å². The molecule has 8 heteroatoms.